The molecule has 0 aromatic heterocycles. The topological polar surface area (TPSA) is 37.3 Å². The Bertz CT molecular complexity index is 389. The first-order chi connectivity index (χ1) is 7.14. The summed E-state index contributed by atoms with van der Waals surface area (Å²) in [6.07, 6.45) is 2.66. The molecule has 2 nitrogen and oxygen atoms in total. The van der Waals surface area contributed by atoms with Gasteiger partial charge in [-0.2, -0.15) is 0 Å². The summed E-state index contributed by atoms with van der Waals surface area (Å²) >= 11 is 6.00. The van der Waals surface area contributed by atoms with Gasteiger partial charge in [-0.25, -0.2) is 0 Å². The van der Waals surface area contributed by atoms with E-state index in [1.54, 1.807) is 24.3 Å². The number of benzene rings is 1. The molecule has 0 saturated heterocycles. The predicted molar refractivity (Wildman–Crippen MR) is 58.8 cm³/mol. The first-order valence-corrected chi connectivity index (χ1v) is 5.53. The maximum atomic E-state index is 11.8. The Morgan fingerprint density at radius 2 is 2.00 bits per heavy atom. The molecule has 1 aromatic carbocycles. The summed E-state index contributed by atoms with van der Waals surface area (Å²) in [7, 11) is 0. The fourth-order valence-electron chi connectivity index (χ4n) is 2.09. The molecule has 0 unspecified atom stereocenters. The average molecular weight is 225 g/mol. The van der Waals surface area contributed by atoms with Crippen molar-refractivity contribution in [3.8, 4) is 0 Å². The second kappa shape index (κ2) is 3.95. The van der Waals surface area contributed by atoms with Gasteiger partial charge in [-0.1, -0.05) is 29.8 Å². The molecule has 80 valence electrons. The van der Waals surface area contributed by atoms with Crippen LogP contribution in [0.15, 0.2) is 24.3 Å². The summed E-state index contributed by atoms with van der Waals surface area (Å²) in [5.74, 6) is -0.109. The van der Waals surface area contributed by atoms with Crippen LogP contribution in [0.25, 0.3) is 0 Å². The SMILES string of the molecule is O=C1CCCC[C@@]1(O)c1ccccc1Cl. The van der Waals surface area contributed by atoms with E-state index in [4.69, 9.17) is 11.6 Å². The molecule has 1 atom stereocenters. The zero-order valence-corrected chi connectivity index (χ0v) is 9.13. The van der Waals surface area contributed by atoms with Gasteiger partial charge in [0.05, 0.1) is 0 Å². The summed E-state index contributed by atoms with van der Waals surface area (Å²) < 4.78 is 0. The highest BCUT2D eigenvalue weighted by molar-refractivity contribution is 6.31. The third-order valence-electron chi connectivity index (χ3n) is 2.97. The highest BCUT2D eigenvalue weighted by atomic mass is 35.5. The molecule has 1 fully saturated rings. The van der Waals surface area contributed by atoms with E-state index >= 15 is 0 Å². The van der Waals surface area contributed by atoms with Crippen LogP contribution in [0.2, 0.25) is 5.02 Å². The van der Waals surface area contributed by atoms with Crippen LogP contribution in [0.3, 0.4) is 0 Å². The third kappa shape index (κ3) is 1.80. The van der Waals surface area contributed by atoms with Crippen molar-refractivity contribution in [1.29, 1.82) is 0 Å². The van der Waals surface area contributed by atoms with Gasteiger partial charge in [0.1, 0.15) is 5.60 Å². The molecule has 1 aliphatic rings. The van der Waals surface area contributed by atoms with Gasteiger partial charge in [0.2, 0.25) is 0 Å². The Morgan fingerprint density at radius 3 is 2.67 bits per heavy atom. The number of aliphatic hydroxyl groups is 1. The monoisotopic (exact) mass is 224 g/mol. The first kappa shape index (κ1) is 10.7. The highest BCUT2D eigenvalue weighted by Gasteiger charge is 2.40. The maximum Gasteiger partial charge on any atom is 0.168 e. The molecular weight excluding hydrogens is 212 g/mol. The maximum absolute atomic E-state index is 11.8. The minimum atomic E-state index is -1.35. The Kier molecular flexibility index (Phi) is 2.81. The van der Waals surface area contributed by atoms with Crippen molar-refractivity contribution >= 4 is 17.4 Å². The smallest absolute Gasteiger partial charge is 0.168 e. The molecule has 3 heteroatoms. The van der Waals surface area contributed by atoms with Gasteiger partial charge < -0.3 is 5.11 Å². The van der Waals surface area contributed by atoms with Crippen molar-refractivity contribution in [2.75, 3.05) is 0 Å². The Balaban J connectivity index is 2.44. The van der Waals surface area contributed by atoms with Gasteiger partial charge in [0.25, 0.3) is 0 Å². The standard InChI is InChI=1S/C12H13ClO2/c13-10-6-2-1-5-9(10)12(15)8-4-3-7-11(12)14/h1-2,5-6,15H,3-4,7-8H2/t12-/m1/s1. The van der Waals surface area contributed by atoms with Gasteiger partial charge in [-0.3, -0.25) is 4.79 Å². The molecule has 2 rings (SSSR count). The van der Waals surface area contributed by atoms with Crippen LogP contribution in [0, 0.1) is 0 Å². The lowest BCUT2D eigenvalue weighted by Gasteiger charge is -2.31. The van der Waals surface area contributed by atoms with E-state index in [1.165, 1.54) is 0 Å². The molecule has 0 radical (unpaired) electrons. The molecule has 0 spiro atoms. The van der Waals surface area contributed by atoms with E-state index in [0.717, 1.165) is 12.8 Å². The van der Waals surface area contributed by atoms with Crippen LogP contribution < -0.4 is 0 Å². The van der Waals surface area contributed by atoms with E-state index < -0.39 is 5.60 Å². The van der Waals surface area contributed by atoms with E-state index in [1.807, 2.05) is 0 Å². The van der Waals surface area contributed by atoms with Crippen molar-refractivity contribution in [2.24, 2.45) is 0 Å². The molecule has 1 aliphatic carbocycles. The van der Waals surface area contributed by atoms with Gasteiger partial charge >= 0.3 is 0 Å². The summed E-state index contributed by atoms with van der Waals surface area (Å²) in [6, 6.07) is 7.02. The number of halogens is 1. The zero-order valence-electron chi connectivity index (χ0n) is 8.37. The Morgan fingerprint density at radius 1 is 1.27 bits per heavy atom. The quantitative estimate of drug-likeness (QED) is 0.797. The van der Waals surface area contributed by atoms with E-state index in [-0.39, 0.29) is 5.78 Å². The minimum Gasteiger partial charge on any atom is -0.377 e. The van der Waals surface area contributed by atoms with Crippen LogP contribution in [-0.4, -0.2) is 10.9 Å². The number of ketones is 1. The second-order valence-corrected chi connectivity index (χ2v) is 4.38. The van der Waals surface area contributed by atoms with Gasteiger partial charge in [-0.05, 0) is 25.3 Å². The largest absolute Gasteiger partial charge is 0.377 e. The average Bonchev–Trinajstić information content (AvgIpc) is 2.23. The Hall–Kier alpha value is -0.860. The number of hydrogen-bond donors (Lipinski definition) is 1. The summed E-state index contributed by atoms with van der Waals surface area (Å²) in [5.41, 5.74) is -0.798. The molecule has 1 N–H and O–H groups in total. The fraction of sp³-hybridized carbons (Fsp3) is 0.417. The lowest BCUT2D eigenvalue weighted by atomic mass is 9.78. The highest BCUT2D eigenvalue weighted by Crippen LogP contribution is 2.37. The van der Waals surface area contributed by atoms with Crippen molar-refractivity contribution in [3.05, 3.63) is 34.9 Å². The molecule has 0 bridgehead atoms. The second-order valence-electron chi connectivity index (χ2n) is 3.97. The van der Waals surface area contributed by atoms with Crippen LogP contribution in [-0.2, 0) is 10.4 Å². The van der Waals surface area contributed by atoms with Gasteiger partial charge in [0.15, 0.2) is 5.78 Å². The zero-order chi connectivity index (χ0) is 10.9. The minimum absolute atomic E-state index is 0.109. The fourth-order valence-corrected chi connectivity index (χ4v) is 2.39. The number of hydrogen-bond acceptors (Lipinski definition) is 2. The lowest BCUT2D eigenvalue weighted by molar-refractivity contribution is -0.142. The lowest BCUT2D eigenvalue weighted by Crippen LogP contribution is -2.38. The number of carbonyl (C=O) groups excluding carboxylic acids is 1. The molecular formula is C12H13ClO2. The van der Waals surface area contributed by atoms with Crippen molar-refractivity contribution in [1.82, 2.24) is 0 Å². The summed E-state index contributed by atoms with van der Waals surface area (Å²) in [6.45, 7) is 0. The normalized spacial score (nSPS) is 26.7. The Labute approximate surface area is 93.9 Å². The molecule has 1 aromatic rings. The van der Waals surface area contributed by atoms with E-state index in [2.05, 4.69) is 0 Å². The summed E-state index contributed by atoms with van der Waals surface area (Å²) in [5, 5.41) is 10.8. The molecule has 0 amide bonds. The molecule has 1 saturated carbocycles. The predicted octanol–water partition coefficient (Wildman–Crippen LogP) is 2.67. The van der Waals surface area contributed by atoms with Crippen LogP contribution in [0.4, 0.5) is 0 Å². The number of Topliss-reactive ketones (excluding diaryl/α,β-unsaturated/α-hetero) is 1. The van der Waals surface area contributed by atoms with E-state index in [9.17, 15) is 9.90 Å². The molecule has 0 heterocycles. The van der Waals surface area contributed by atoms with E-state index in [0.29, 0.717) is 23.4 Å². The number of rotatable bonds is 1. The van der Waals surface area contributed by atoms with Crippen LogP contribution in [0.5, 0.6) is 0 Å². The van der Waals surface area contributed by atoms with Crippen molar-refractivity contribution < 1.29 is 9.90 Å². The van der Waals surface area contributed by atoms with Crippen LogP contribution >= 0.6 is 11.6 Å². The molecule has 15 heavy (non-hydrogen) atoms. The van der Waals surface area contributed by atoms with Crippen molar-refractivity contribution in [2.45, 2.75) is 31.3 Å². The van der Waals surface area contributed by atoms with Gasteiger partial charge in [0, 0.05) is 17.0 Å². The molecule has 0 aliphatic heterocycles. The van der Waals surface area contributed by atoms with Crippen LogP contribution in [0.1, 0.15) is 31.2 Å². The third-order valence-corrected chi connectivity index (χ3v) is 3.30. The number of carbonyl (C=O) groups is 1. The first-order valence-electron chi connectivity index (χ1n) is 5.15. The van der Waals surface area contributed by atoms with Crippen molar-refractivity contribution in [3.63, 3.8) is 0 Å². The summed E-state index contributed by atoms with van der Waals surface area (Å²) in [4.78, 5) is 11.8. The van der Waals surface area contributed by atoms with Gasteiger partial charge in [-0.15, -0.1) is 0 Å².